The summed E-state index contributed by atoms with van der Waals surface area (Å²) >= 11 is 0. The molecule has 3 rings (SSSR count). The Balaban J connectivity index is 1.71. The first-order valence-corrected chi connectivity index (χ1v) is 11.6. The van der Waals surface area contributed by atoms with Crippen molar-refractivity contribution in [2.45, 2.75) is 65.5 Å². The molecule has 1 saturated carbocycles. The van der Waals surface area contributed by atoms with E-state index in [1.54, 1.807) is 0 Å². The maximum absolute atomic E-state index is 5.68. The molecule has 2 N–H and O–H groups in total. The molecule has 0 radical (unpaired) electrons. The van der Waals surface area contributed by atoms with Gasteiger partial charge < -0.3 is 19.9 Å². The first kappa shape index (κ1) is 23.3. The third-order valence-electron chi connectivity index (χ3n) is 6.49. The summed E-state index contributed by atoms with van der Waals surface area (Å²) < 4.78 is 7.67. The van der Waals surface area contributed by atoms with Crippen molar-refractivity contribution < 1.29 is 4.74 Å². The van der Waals surface area contributed by atoms with Crippen molar-refractivity contribution in [2.75, 3.05) is 19.8 Å². The molecule has 1 heterocycles. The topological polar surface area (TPSA) is 76.4 Å². The van der Waals surface area contributed by atoms with Gasteiger partial charge in [0.15, 0.2) is 11.8 Å². The minimum Gasteiger partial charge on any atom is -0.382 e. The summed E-state index contributed by atoms with van der Waals surface area (Å²) in [4.78, 5) is 4.86. The van der Waals surface area contributed by atoms with Crippen molar-refractivity contribution in [3.63, 3.8) is 0 Å². The van der Waals surface area contributed by atoms with Gasteiger partial charge in [-0.1, -0.05) is 43.2 Å². The van der Waals surface area contributed by atoms with Crippen molar-refractivity contribution in [1.82, 2.24) is 25.4 Å². The fourth-order valence-corrected chi connectivity index (χ4v) is 4.27. The van der Waals surface area contributed by atoms with Gasteiger partial charge in [-0.05, 0) is 51.0 Å². The van der Waals surface area contributed by atoms with Crippen LogP contribution in [0.3, 0.4) is 0 Å². The highest BCUT2D eigenvalue weighted by Crippen LogP contribution is 2.40. The first-order valence-electron chi connectivity index (χ1n) is 11.6. The van der Waals surface area contributed by atoms with Crippen LogP contribution in [-0.4, -0.2) is 40.5 Å². The first-order chi connectivity index (χ1) is 15.0. The smallest absolute Gasteiger partial charge is 0.192 e. The number of guanidine groups is 1. The predicted octanol–water partition coefficient (Wildman–Crippen LogP) is 3.91. The summed E-state index contributed by atoms with van der Waals surface area (Å²) in [6, 6.07) is 10.6. The van der Waals surface area contributed by atoms with Gasteiger partial charge in [0.25, 0.3) is 0 Å². The Morgan fingerprint density at radius 3 is 2.61 bits per heavy atom. The normalized spacial score (nSPS) is 17.0. The molecule has 1 atom stereocenters. The molecule has 0 spiro atoms. The van der Waals surface area contributed by atoms with Gasteiger partial charge in [-0.15, -0.1) is 10.2 Å². The Morgan fingerprint density at radius 1 is 1.23 bits per heavy atom. The van der Waals surface area contributed by atoms with Crippen LogP contribution in [0.15, 0.2) is 35.3 Å². The number of aliphatic imine (C=N–C) groups is 1. The SMILES string of the molecule is CCOCCC1(CNC(=NCc2nnc(C)n2C)NC(C)c2ccccc2)CCCC1. The average molecular weight is 427 g/mol. The van der Waals surface area contributed by atoms with Gasteiger partial charge in [-0.25, -0.2) is 4.99 Å². The molecular weight excluding hydrogens is 388 g/mol. The number of hydrogen-bond acceptors (Lipinski definition) is 4. The molecule has 31 heavy (non-hydrogen) atoms. The second-order valence-corrected chi connectivity index (χ2v) is 8.67. The van der Waals surface area contributed by atoms with Gasteiger partial charge in [0.2, 0.25) is 0 Å². The van der Waals surface area contributed by atoms with Crippen molar-refractivity contribution >= 4 is 5.96 Å². The molecule has 2 aromatic rings. The molecule has 1 unspecified atom stereocenters. The molecule has 0 aliphatic heterocycles. The van der Waals surface area contributed by atoms with E-state index in [0.717, 1.165) is 43.8 Å². The Hall–Kier alpha value is -2.41. The lowest BCUT2D eigenvalue weighted by Crippen LogP contribution is -2.44. The number of benzene rings is 1. The Kier molecular flexibility index (Phi) is 8.46. The number of nitrogens with one attached hydrogen (secondary N) is 2. The standard InChI is InChI=1S/C24H38N6O/c1-5-31-16-15-24(13-9-10-14-24)18-26-23(25-17-22-29-28-20(3)30(22)4)27-19(2)21-11-7-6-8-12-21/h6-8,11-12,19H,5,9-10,13-18H2,1-4H3,(H2,25,26,27). The summed E-state index contributed by atoms with van der Waals surface area (Å²) in [5.74, 6) is 2.57. The van der Waals surface area contributed by atoms with E-state index >= 15 is 0 Å². The second kappa shape index (κ2) is 11.3. The third-order valence-corrected chi connectivity index (χ3v) is 6.49. The van der Waals surface area contributed by atoms with Gasteiger partial charge in [0.05, 0.1) is 6.04 Å². The lowest BCUT2D eigenvalue weighted by atomic mass is 9.83. The van der Waals surface area contributed by atoms with Gasteiger partial charge in [0, 0.05) is 26.8 Å². The summed E-state index contributed by atoms with van der Waals surface area (Å²) in [6.07, 6.45) is 6.19. The second-order valence-electron chi connectivity index (χ2n) is 8.67. The van der Waals surface area contributed by atoms with Crippen LogP contribution in [0.5, 0.6) is 0 Å². The van der Waals surface area contributed by atoms with Crippen molar-refractivity contribution in [1.29, 1.82) is 0 Å². The summed E-state index contributed by atoms with van der Waals surface area (Å²) in [5, 5.41) is 15.7. The molecule has 1 aromatic heterocycles. The monoisotopic (exact) mass is 426 g/mol. The molecular formula is C24H38N6O. The summed E-state index contributed by atoms with van der Waals surface area (Å²) in [6.45, 7) is 9.19. The zero-order valence-corrected chi connectivity index (χ0v) is 19.5. The molecule has 1 aromatic carbocycles. The molecule has 1 aliphatic rings. The lowest BCUT2D eigenvalue weighted by Gasteiger charge is -2.30. The number of aryl methyl sites for hydroxylation is 1. The minimum absolute atomic E-state index is 0.150. The van der Waals surface area contributed by atoms with E-state index in [2.05, 4.69) is 58.9 Å². The highest BCUT2D eigenvalue weighted by atomic mass is 16.5. The predicted molar refractivity (Wildman–Crippen MR) is 125 cm³/mol. The Bertz CT molecular complexity index is 826. The fourth-order valence-electron chi connectivity index (χ4n) is 4.27. The molecule has 1 fully saturated rings. The van der Waals surface area contributed by atoms with E-state index in [1.165, 1.54) is 31.2 Å². The van der Waals surface area contributed by atoms with Gasteiger partial charge in [-0.2, -0.15) is 0 Å². The van der Waals surface area contributed by atoms with Crippen LogP contribution in [0.25, 0.3) is 0 Å². The molecule has 0 saturated heterocycles. The molecule has 0 amide bonds. The van der Waals surface area contributed by atoms with E-state index in [-0.39, 0.29) is 11.5 Å². The maximum Gasteiger partial charge on any atom is 0.192 e. The molecule has 7 heteroatoms. The summed E-state index contributed by atoms with van der Waals surface area (Å²) in [7, 11) is 1.98. The zero-order chi connectivity index (χ0) is 22.1. The van der Waals surface area contributed by atoms with Crippen LogP contribution in [0.2, 0.25) is 0 Å². The van der Waals surface area contributed by atoms with Crippen LogP contribution in [-0.2, 0) is 18.3 Å². The number of nitrogens with zero attached hydrogens (tertiary/aromatic N) is 4. The van der Waals surface area contributed by atoms with Gasteiger partial charge in [0.1, 0.15) is 12.4 Å². The maximum atomic E-state index is 5.68. The van der Waals surface area contributed by atoms with E-state index in [1.807, 2.05) is 24.6 Å². The summed E-state index contributed by atoms with van der Waals surface area (Å²) in [5.41, 5.74) is 1.52. The molecule has 170 valence electrons. The van der Waals surface area contributed by atoms with Crippen LogP contribution in [0.1, 0.15) is 69.2 Å². The average Bonchev–Trinajstić information content (AvgIpc) is 3.38. The van der Waals surface area contributed by atoms with Crippen molar-refractivity contribution in [3.05, 3.63) is 47.5 Å². The Morgan fingerprint density at radius 2 is 1.97 bits per heavy atom. The number of aromatic nitrogens is 3. The van der Waals surface area contributed by atoms with Gasteiger partial charge >= 0.3 is 0 Å². The van der Waals surface area contributed by atoms with E-state index in [4.69, 9.17) is 9.73 Å². The molecule has 7 nitrogen and oxygen atoms in total. The molecule has 1 aliphatic carbocycles. The van der Waals surface area contributed by atoms with Crippen LogP contribution >= 0.6 is 0 Å². The number of ether oxygens (including phenoxy) is 1. The third kappa shape index (κ3) is 6.53. The number of rotatable bonds is 10. The van der Waals surface area contributed by atoms with Crippen LogP contribution in [0.4, 0.5) is 0 Å². The van der Waals surface area contributed by atoms with Crippen LogP contribution < -0.4 is 10.6 Å². The van der Waals surface area contributed by atoms with E-state index in [9.17, 15) is 0 Å². The van der Waals surface area contributed by atoms with E-state index in [0.29, 0.717) is 6.54 Å². The van der Waals surface area contributed by atoms with E-state index < -0.39 is 0 Å². The highest BCUT2D eigenvalue weighted by Gasteiger charge is 2.33. The number of hydrogen-bond donors (Lipinski definition) is 2. The lowest BCUT2D eigenvalue weighted by molar-refractivity contribution is 0.105. The Labute approximate surface area is 186 Å². The van der Waals surface area contributed by atoms with Crippen molar-refractivity contribution in [3.8, 4) is 0 Å². The largest absolute Gasteiger partial charge is 0.382 e. The highest BCUT2D eigenvalue weighted by molar-refractivity contribution is 5.80. The molecule has 0 bridgehead atoms. The van der Waals surface area contributed by atoms with Crippen molar-refractivity contribution in [2.24, 2.45) is 17.5 Å². The minimum atomic E-state index is 0.150. The van der Waals surface area contributed by atoms with Gasteiger partial charge in [-0.3, -0.25) is 0 Å². The quantitative estimate of drug-likeness (QED) is 0.342. The zero-order valence-electron chi connectivity index (χ0n) is 19.5. The fraction of sp³-hybridized carbons (Fsp3) is 0.625. The van der Waals surface area contributed by atoms with Crippen LogP contribution in [0, 0.1) is 12.3 Å².